The fraction of sp³-hybridized carbons (Fsp3) is 0.263. The maximum Gasteiger partial charge on any atom is 0.262 e. The van der Waals surface area contributed by atoms with Gasteiger partial charge in [-0.25, -0.2) is 0 Å². The summed E-state index contributed by atoms with van der Waals surface area (Å²) in [7, 11) is 0. The van der Waals surface area contributed by atoms with Gasteiger partial charge in [-0.05, 0) is 55.3 Å². The minimum atomic E-state index is -0.260. The lowest BCUT2D eigenvalue weighted by molar-refractivity contribution is -0.118. The quantitative estimate of drug-likeness (QED) is 0.884. The van der Waals surface area contributed by atoms with E-state index in [1.165, 1.54) is 0 Å². The highest BCUT2D eigenvalue weighted by atomic mass is 35.5. The van der Waals surface area contributed by atoms with Crippen molar-refractivity contribution in [2.24, 2.45) is 0 Å². The molecule has 1 fully saturated rings. The van der Waals surface area contributed by atoms with Crippen molar-refractivity contribution >= 4 is 34.8 Å². The van der Waals surface area contributed by atoms with Gasteiger partial charge in [0.2, 0.25) is 5.91 Å². The Morgan fingerprint density at radius 2 is 2.00 bits per heavy atom. The first kappa shape index (κ1) is 17.3. The molecule has 0 aliphatic carbocycles. The summed E-state index contributed by atoms with van der Waals surface area (Å²) in [5.74, 6) is 0.461. The lowest BCUT2D eigenvalue weighted by atomic mass is 10.2. The Bertz CT molecular complexity index is 790. The summed E-state index contributed by atoms with van der Waals surface area (Å²) >= 11 is 5.94. The third-order valence-corrected chi connectivity index (χ3v) is 4.30. The number of aryl methyl sites for hydroxylation is 1. The molecule has 1 aliphatic rings. The average molecular weight is 359 g/mol. The standard InChI is InChI=1S/C19H19ClN2O3/c1-13-4-5-14(20)11-17(13)21-18(23)12-25-16-8-6-15(7-9-16)22-10-2-3-19(22)24/h4-9,11H,2-3,10,12H2,1H3,(H,21,23). The molecule has 3 rings (SSSR count). The van der Waals surface area contributed by atoms with E-state index in [0.717, 1.165) is 24.2 Å². The van der Waals surface area contributed by atoms with Gasteiger partial charge in [-0.3, -0.25) is 9.59 Å². The van der Waals surface area contributed by atoms with Crippen LogP contribution in [0, 0.1) is 6.92 Å². The van der Waals surface area contributed by atoms with Crippen LogP contribution in [0.25, 0.3) is 0 Å². The van der Waals surface area contributed by atoms with Gasteiger partial charge in [-0.2, -0.15) is 0 Å². The van der Waals surface area contributed by atoms with E-state index in [-0.39, 0.29) is 18.4 Å². The first-order valence-electron chi connectivity index (χ1n) is 8.12. The molecular formula is C19H19ClN2O3. The van der Waals surface area contributed by atoms with Crippen molar-refractivity contribution in [3.05, 3.63) is 53.1 Å². The normalized spacial score (nSPS) is 13.8. The van der Waals surface area contributed by atoms with Gasteiger partial charge in [0.25, 0.3) is 5.91 Å². The molecule has 0 spiro atoms. The largest absolute Gasteiger partial charge is 0.484 e. The molecule has 0 saturated carbocycles. The van der Waals surface area contributed by atoms with Gasteiger partial charge in [0.1, 0.15) is 5.75 Å². The van der Waals surface area contributed by atoms with Gasteiger partial charge in [-0.15, -0.1) is 0 Å². The minimum Gasteiger partial charge on any atom is -0.484 e. The molecule has 5 nitrogen and oxygen atoms in total. The fourth-order valence-corrected chi connectivity index (χ4v) is 2.88. The summed E-state index contributed by atoms with van der Waals surface area (Å²) < 4.78 is 5.51. The van der Waals surface area contributed by atoms with Crippen molar-refractivity contribution in [2.75, 3.05) is 23.4 Å². The number of halogens is 1. The SMILES string of the molecule is Cc1ccc(Cl)cc1NC(=O)COc1ccc(N2CCCC2=O)cc1. The lowest BCUT2D eigenvalue weighted by Crippen LogP contribution is -2.23. The molecule has 0 radical (unpaired) electrons. The summed E-state index contributed by atoms with van der Waals surface area (Å²) in [6, 6.07) is 12.5. The van der Waals surface area contributed by atoms with Gasteiger partial charge in [0, 0.05) is 29.4 Å². The summed E-state index contributed by atoms with van der Waals surface area (Å²) in [6.07, 6.45) is 1.49. The van der Waals surface area contributed by atoms with Crippen molar-refractivity contribution in [2.45, 2.75) is 19.8 Å². The maximum atomic E-state index is 12.0. The number of benzene rings is 2. The number of anilines is 2. The molecule has 25 heavy (non-hydrogen) atoms. The predicted octanol–water partition coefficient (Wildman–Crippen LogP) is 3.79. The van der Waals surface area contributed by atoms with Gasteiger partial charge in [-0.1, -0.05) is 17.7 Å². The maximum absolute atomic E-state index is 12.0. The summed E-state index contributed by atoms with van der Waals surface area (Å²) in [5, 5.41) is 3.35. The molecular weight excluding hydrogens is 340 g/mol. The molecule has 6 heteroatoms. The number of ether oxygens (including phenoxy) is 1. The van der Waals surface area contributed by atoms with E-state index >= 15 is 0 Å². The van der Waals surface area contributed by atoms with Gasteiger partial charge in [0.05, 0.1) is 0 Å². The summed E-state index contributed by atoms with van der Waals surface area (Å²) in [6.45, 7) is 2.54. The zero-order valence-corrected chi connectivity index (χ0v) is 14.7. The monoisotopic (exact) mass is 358 g/mol. The van der Waals surface area contributed by atoms with Crippen molar-refractivity contribution in [3.8, 4) is 5.75 Å². The van der Waals surface area contributed by atoms with Crippen LogP contribution in [0.5, 0.6) is 5.75 Å². The van der Waals surface area contributed by atoms with Crippen molar-refractivity contribution in [1.29, 1.82) is 0 Å². The Morgan fingerprint density at radius 3 is 2.68 bits per heavy atom. The molecule has 0 aromatic heterocycles. The molecule has 1 aliphatic heterocycles. The van der Waals surface area contributed by atoms with Crippen LogP contribution in [0.2, 0.25) is 5.02 Å². The number of amides is 2. The Morgan fingerprint density at radius 1 is 1.24 bits per heavy atom. The first-order valence-corrected chi connectivity index (χ1v) is 8.50. The third-order valence-electron chi connectivity index (χ3n) is 4.07. The Labute approximate surface area is 151 Å². The summed E-state index contributed by atoms with van der Waals surface area (Å²) in [4.78, 5) is 25.5. The van der Waals surface area contributed by atoms with Gasteiger partial charge >= 0.3 is 0 Å². The number of hydrogen-bond donors (Lipinski definition) is 1. The van der Waals surface area contributed by atoms with E-state index in [0.29, 0.717) is 22.9 Å². The smallest absolute Gasteiger partial charge is 0.262 e. The average Bonchev–Trinajstić information content (AvgIpc) is 3.03. The van der Waals surface area contributed by atoms with Crippen molar-refractivity contribution in [1.82, 2.24) is 0 Å². The summed E-state index contributed by atoms with van der Waals surface area (Å²) in [5.41, 5.74) is 2.45. The second kappa shape index (κ2) is 7.57. The highest BCUT2D eigenvalue weighted by molar-refractivity contribution is 6.31. The van der Waals surface area contributed by atoms with Crippen LogP contribution in [-0.2, 0) is 9.59 Å². The van der Waals surface area contributed by atoms with E-state index in [9.17, 15) is 9.59 Å². The Hall–Kier alpha value is -2.53. The number of hydrogen-bond acceptors (Lipinski definition) is 3. The Balaban J connectivity index is 1.55. The predicted molar refractivity (Wildman–Crippen MR) is 98.3 cm³/mol. The van der Waals surface area contributed by atoms with E-state index in [1.807, 2.05) is 25.1 Å². The molecule has 1 heterocycles. The zero-order valence-electron chi connectivity index (χ0n) is 13.9. The molecule has 0 unspecified atom stereocenters. The lowest BCUT2D eigenvalue weighted by Gasteiger charge is -2.16. The topological polar surface area (TPSA) is 58.6 Å². The second-order valence-corrected chi connectivity index (χ2v) is 6.38. The fourth-order valence-electron chi connectivity index (χ4n) is 2.71. The molecule has 2 amide bonds. The number of carbonyl (C=O) groups excluding carboxylic acids is 2. The van der Waals surface area contributed by atoms with Crippen molar-refractivity contribution < 1.29 is 14.3 Å². The van der Waals surface area contributed by atoms with Crippen LogP contribution in [-0.4, -0.2) is 25.0 Å². The van der Waals surface area contributed by atoms with E-state index in [2.05, 4.69) is 5.32 Å². The van der Waals surface area contributed by atoms with Crippen LogP contribution in [0.1, 0.15) is 18.4 Å². The molecule has 2 aromatic rings. The molecule has 0 bridgehead atoms. The number of carbonyl (C=O) groups is 2. The molecule has 0 atom stereocenters. The van der Waals surface area contributed by atoms with Crippen LogP contribution >= 0.6 is 11.6 Å². The molecule has 1 N–H and O–H groups in total. The van der Waals surface area contributed by atoms with E-state index in [1.54, 1.807) is 29.2 Å². The molecule has 2 aromatic carbocycles. The number of nitrogens with zero attached hydrogens (tertiary/aromatic N) is 1. The van der Waals surface area contributed by atoms with Crippen LogP contribution in [0.3, 0.4) is 0 Å². The van der Waals surface area contributed by atoms with Gasteiger partial charge < -0.3 is 15.0 Å². The minimum absolute atomic E-state index is 0.103. The van der Waals surface area contributed by atoms with Gasteiger partial charge in [0.15, 0.2) is 6.61 Å². The molecule has 130 valence electrons. The van der Waals surface area contributed by atoms with Crippen LogP contribution in [0.4, 0.5) is 11.4 Å². The van der Waals surface area contributed by atoms with E-state index in [4.69, 9.17) is 16.3 Å². The second-order valence-electron chi connectivity index (χ2n) is 5.94. The van der Waals surface area contributed by atoms with Crippen LogP contribution in [0.15, 0.2) is 42.5 Å². The first-order chi connectivity index (χ1) is 12.0. The van der Waals surface area contributed by atoms with Crippen molar-refractivity contribution in [3.63, 3.8) is 0 Å². The number of nitrogens with one attached hydrogen (secondary N) is 1. The van der Waals surface area contributed by atoms with Crippen LogP contribution < -0.4 is 15.0 Å². The zero-order chi connectivity index (χ0) is 17.8. The Kier molecular flexibility index (Phi) is 5.24. The highest BCUT2D eigenvalue weighted by Gasteiger charge is 2.21. The van der Waals surface area contributed by atoms with E-state index < -0.39 is 0 Å². The molecule has 1 saturated heterocycles. The number of rotatable bonds is 5. The third kappa shape index (κ3) is 4.31. The highest BCUT2D eigenvalue weighted by Crippen LogP contribution is 2.24.